The van der Waals surface area contributed by atoms with Gasteiger partial charge in [-0.15, -0.1) is 0 Å². The van der Waals surface area contributed by atoms with Crippen molar-refractivity contribution in [3.63, 3.8) is 0 Å². The monoisotopic (exact) mass is 388 g/mol. The molecule has 0 amide bonds. The molecule has 8 heteroatoms. The van der Waals surface area contributed by atoms with Crippen LogP contribution in [0.4, 0.5) is 0 Å². The van der Waals surface area contributed by atoms with Crippen LogP contribution in [0.5, 0.6) is 0 Å². The van der Waals surface area contributed by atoms with Crippen molar-refractivity contribution in [2.45, 2.75) is 63.7 Å². The van der Waals surface area contributed by atoms with Gasteiger partial charge in [0, 0.05) is 11.2 Å². The highest BCUT2D eigenvalue weighted by Crippen LogP contribution is 2.62. The molecule has 3 saturated heterocycles. The Morgan fingerprint density at radius 1 is 1.08 bits per heavy atom. The highest BCUT2D eigenvalue weighted by atomic mass is 35.5. The lowest BCUT2D eigenvalue weighted by molar-refractivity contribution is -0.229. The SMILES string of the molecule is CCC[P@]1(=O)O[C@@H]2[C@H]3OC(C)(C)O[C@H]3O[C@@H]2[C@H](c2ccc(Cl)cc2)O1. The molecule has 0 unspecified atom stereocenters. The molecule has 6 nitrogen and oxygen atoms in total. The standard InChI is InChI=1S/C17H22ClO6P/c1-4-9-25(19)23-12(10-5-7-11(18)8-6-10)13-14(24-25)15-16(20-13)22-17(2,3)21-15/h5-8,12-16H,4,9H2,1-3H3/t12-,13+,14-,15+,16+,25+/m0/s1. The molecule has 0 aliphatic carbocycles. The lowest BCUT2D eigenvalue weighted by Crippen LogP contribution is -2.43. The smallest absolute Gasteiger partial charge is 0.331 e. The second-order valence-corrected chi connectivity index (χ2v) is 9.58. The first kappa shape index (κ1) is 17.9. The molecule has 4 rings (SSSR count). The van der Waals surface area contributed by atoms with Crippen LogP contribution in [0.2, 0.25) is 5.02 Å². The first-order valence-corrected chi connectivity index (χ1v) is 10.6. The minimum Gasteiger partial charge on any atom is -0.341 e. The minimum atomic E-state index is -3.26. The van der Waals surface area contributed by atoms with Crippen molar-refractivity contribution in [2.24, 2.45) is 0 Å². The molecule has 3 fully saturated rings. The Hall–Kier alpha value is -0.460. The van der Waals surface area contributed by atoms with Gasteiger partial charge in [0.05, 0.1) is 0 Å². The summed E-state index contributed by atoms with van der Waals surface area (Å²) >= 11 is 5.99. The van der Waals surface area contributed by atoms with Crippen LogP contribution < -0.4 is 0 Å². The fourth-order valence-corrected chi connectivity index (χ4v) is 5.73. The summed E-state index contributed by atoms with van der Waals surface area (Å²) in [6, 6.07) is 7.27. The van der Waals surface area contributed by atoms with Crippen LogP contribution >= 0.6 is 19.2 Å². The number of halogens is 1. The fraction of sp³-hybridized carbons (Fsp3) is 0.647. The van der Waals surface area contributed by atoms with Crippen molar-refractivity contribution < 1.29 is 27.8 Å². The Morgan fingerprint density at radius 3 is 2.48 bits per heavy atom. The summed E-state index contributed by atoms with van der Waals surface area (Å²) in [6.45, 7) is 5.60. The largest absolute Gasteiger partial charge is 0.341 e. The van der Waals surface area contributed by atoms with Gasteiger partial charge in [-0.05, 0) is 38.0 Å². The van der Waals surface area contributed by atoms with E-state index in [1.165, 1.54) is 0 Å². The first-order valence-electron chi connectivity index (χ1n) is 8.53. The molecule has 6 atom stereocenters. The zero-order valence-corrected chi connectivity index (χ0v) is 16.0. The van der Waals surface area contributed by atoms with Crippen LogP contribution in [0.3, 0.4) is 0 Å². The Balaban J connectivity index is 1.67. The van der Waals surface area contributed by atoms with Gasteiger partial charge in [0.1, 0.15) is 24.4 Å². The summed E-state index contributed by atoms with van der Waals surface area (Å²) in [6.07, 6.45) is -1.42. The van der Waals surface area contributed by atoms with E-state index in [2.05, 4.69) is 0 Å². The molecule has 0 N–H and O–H groups in total. The van der Waals surface area contributed by atoms with Crippen molar-refractivity contribution in [1.29, 1.82) is 0 Å². The number of hydrogen-bond donors (Lipinski definition) is 0. The molecule has 0 bridgehead atoms. The summed E-state index contributed by atoms with van der Waals surface area (Å²) < 4.78 is 42.8. The highest BCUT2D eigenvalue weighted by Gasteiger charge is 2.62. The average Bonchev–Trinajstić information content (AvgIpc) is 3.00. The van der Waals surface area contributed by atoms with E-state index in [0.717, 1.165) is 5.56 Å². The summed E-state index contributed by atoms with van der Waals surface area (Å²) in [5, 5.41) is 0.627. The van der Waals surface area contributed by atoms with Crippen LogP contribution in [0, 0.1) is 0 Å². The lowest BCUT2D eigenvalue weighted by atomic mass is 9.99. The van der Waals surface area contributed by atoms with Crippen molar-refractivity contribution in [2.75, 3.05) is 6.16 Å². The number of hydrogen-bond acceptors (Lipinski definition) is 6. The van der Waals surface area contributed by atoms with Crippen molar-refractivity contribution in [3.8, 4) is 0 Å². The number of benzene rings is 1. The van der Waals surface area contributed by atoms with Gasteiger partial charge in [-0.25, -0.2) is 0 Å². The molecule has 25 heavy (non-hydrogen) atoms. The molecule has 1 aromatic carbocycles. The third kappa shape index (κ3) is 3.30. The predicted octanol–water partition coefficient (Wildman–Crippen LogP) is 4.28. The Labute approximate surface area is 152 Å². The van der Waals surface area contributed by atoms with E-state index >= 15 is 0 Å². The maximum atomic E-state index is 13.2. The van der Waals surface area contributed by atoms with Crippen LogP contribution in [-0.4, -0.2) is 36.6 Å². The average molecular weight is 389 g/mol. The van der Waals surface area contributed by atoms with E-state index in [4.69, 9.17) is 34.9 Å². The van der Waals surface area contributed by atoms with Crippen LogP contribution in [-0.2, 0) is 27.8 Å². The van der Waals surface area contributed by atoms with Gasteiger partial charge in [0.15, 0.2) is 12.1 Å². The summed E-state index contributed by atoms with van der Waals surface area (Å²) in [4.78, 5) is 0. The Morgan fingerprint density at radius 2 is 1.80 bits per heavy atom. The second-order valence-electron chi connectivity index (χ2n) is 7.05. The third-order valence-corrected chi connectivity index (χ3v) is 6.94. The van der Waals surface area contributed by atoms with Gasteiger partial charge in [-0.3, -0.25) is 13.6 Å². The van der Waals surface area contributed by atoms with Crippen LogP contribution in [0.25, 0.3) is 0 Å². The minimum absolute atomic E-state index is 0.349. The van der Waals surface area contributed by atoms with Gasteiger partial charge in [0.25, 0.3) is 0 Å². The number of fused-ring (bicyclic) bond motifs is 3. The summed E-state index contributed by atoms with van der Waals surface area (Å²) in [5.74, 6) is -0.757. The van der Waals surface area contributed by atoms with E-state index < -0.39 is 44.1 Å². The Kier molecular flexibility index (Phi) is 4.52. The van der Waals surface area contributed by atoms with Crippen LogP contribution in [0.15, 0.2) is 24.3 Å². The van der Waals surface area contributed by atoms with Crippen molar-refractivity contribution in [3.05, 3.63) is 34.9 Å². The van der Waals surface area contributed by atoms with Gasteiger partial charge in [-0.1, -0.05) is 30.7 Å². The quantitative estimate of drug-likeness (QED) is 0.720. The van der Waals surface area contributed by atoms with Crippen LogP contribution in [0.1, 0.15) is 38.9 Å². The maximum Gasteiger partial charge on any atom is 0.331 e. The number of rotatable bonds is 3. The first-order chi connectivity index (χ1) is 11.8. The summed E-state index contributed by atoms with van der Waals surface area (Å²) in [5.41, 5.74) is 0.846. The zero-order valence-electron chi connectivity index (χ0n) is 14.4. The van der Waals surface area contributed by atoms with Gasteiger partial charge >= 0.3 is 7.60 Å². The van der Waals surface area contributed by atoms with E-state index in [0.29, 0.717) is 17.6 Å². The summed E-state index contributed by atoms with van der Waals surface area (Å²) in [7, 11) is -3.26. The molecular formula is C17H22ClO6P. The molecule has 0 aromatic heterocycles. The van der Waals surface area contributed by atoms with E-state index in [1.54, 1.807) is 12.1 Å². The van der Waals surface area contributed by atoms with Gasteiger partial charge in [-0.2, -0.15) is 0 Å². The fourth-order valence-electron chi connectivity index (χ4n) is 3.59. The maximum absolute atomic E-state index is 13.2. The number of ether oxygens (including phenoxy) is 3. The molecule has 3 heterocycles. The highest BCUT2D eigenvalue weighted by molar-refractivity contribution is 7.53. The Bertz CT molecular complexity index is 693. The van der Waals surface area contributed by atoms with Gasteiger partial charge in [0.2, 0.25) is 0 Å². The van der Waals surface area contributed by atoms with Crippen molar-refractivity contribution in [1.82, 2.24) is 0 Å². The molecular weight excluding hydrogens is 367 g/mol. The van der Waals surface area contributed by atoms with E-state index in [1.807, 2.05) is 32.9 Å². The van der Waals surface area contributed by atoms with Gasteiger partial charge < -0.3 is 14.2 Å². The molecule has 138 valence electrons. The predicted molar refractivity (Wildman–Crippen MR) is 91.6 cm³/mol. The lowest BCUT2D eigenvalue weighted by Gasteiger charge is -2.39. The molecule has 0 radical (unpaired) electrons. The third-order valence-electron chi connectivity index (χ3n) is 4.58. The topological polar surface area (TPSA) is 63.2 Å². The van der Waals surface area contributed by atoms with E-state index in [-0.39, 0.29) is 0 Å². The molecule has 3 aliphatic rings. The zero-order chi connectivity index (χ0) is 17.8. The second kappa shape index (κ2) is 6.31. The molecule has 1 aromatic rings. The molecule has 0 saturated carbocycles. The molecule has 0 spiro atoms. The normalized spacial score (nSPS) is 42.2. The molecule has 3 aliphatic heterocycles. The van der Waals surface area contributed by atoms with Crippen molar-refractivity contribution >= 4 is 19.2 Å². The van der Waals surface area contributed by atoms with E-state index in [9.17, 15) is 4.57 Å².